The second-order valence-corrected chi connectivity index (χ2v) is 6.95. The molecule has 1 aliphatic carbocycles. The van der Waals surface area contributed by atoms with Gasteiger partial charge in [0.1, 0.15) is 12.1 Å². The van der Waals surface area contributed by atoms with Gasteiger partial charge in [-0.3, -0.25) is 14.5 Å². The molecule has 1 spiro atoms. The van der Waals surface area contributed by atoms with Crippen molar-refractivity contribution < 1.29 is 40.7 Å². The van der Waals surface area contributed by atoms with Crippen LogP contribution in [0, 0.1) is 0 Å². The zero-order chi connectivity index (χ0) is 21.6. The summed E-state index contributed by atoms with van der Waals surface area (Å²) in [6, 6.07) is -0.210. The smallest absolute Gasteiger partial charge is 0.325 e. The number of amides is 4. The molecule has 0 radical (unpaired) electrons. The first-order valence-corrected chi connectivity index (χ1v) is 8.55. The lowest BCUT2D eigenvalue weighted by Crippen LogP contribution is -2.44. The van der Waals surface area contributed by atoms with Crippen molar-refractivity contribution in [3.05, 3.63) is 29.3 Å². The van der Waals surface area contributed by atoms with E-state index in [-0.39, 0.29) is 6.07 Å². The molecule has 1 aromatic rings. The number of benzene rings is 1. The number of hydrogen-bond acceptors (Lipinski definition) is 3. The summed E-state index contributed by atoms with van der Waals surface area (Å²) in [7, 11) is 0. The molecule has 2 aliphatic rings. The fraction of sp³-hybridized carbons (Fsp3) is 0.471. The lowest BCUT2D eigenvalue weighted by molar-refractivity contribution is -0.143. The molecule has 1 heterocycles. The Morgan fingerprint density at radius 3 is 2.00 bits per heavy atom. The van der Waals surface area contributed by atoms with Crippen molar-refractivity contribution in [1.29, 1.82) is 0 Å². The average Bonchev–Trinajstić information content (AvgIpc) is 3.14. The topological polar surface area (TPSA) is 78.5 Å². The molecule has 0 bridgehead atoms. The minimum Gasteiger partial charge on any atom is -0.325 e. The van der Waals surface area contributed by atoms with Crippen molar-refractivity contribution in [3.63, 3.8) is 0 Å². The number of imide groups is 1. The monoisotopic (exact) mass is 423 g/mol. The number of carbonyl (C=O) groups excluding carboxylic acids is 3. The Hall–Kier alpha value is -2.79. The number of anilines is 1. The van der Waals surface area contributed by atoms with Gasteiger partial charge in [-0.1, -0.05) is 12.8 Å². The van der Waals surface area contributed by atoms with Crippen molar-refractivity contribution in [2.45, 2.75) is 43.6 Å². The van der Waals surface area contributed by atoms with Crippen LogP contribution in [0.5, 0.6) is 0 Å². The van der Waals surface area contributed by atoms with Crippen molar-refractivity contribution >= 4 is 23.5 Å². The van der Waals surface area contributed by atoms with Gasteiger partial charge < -0.3 is 10.6 Å². The highest BCUT2D eigenvalue weighted by atomic mass is 19.4. The van der Waals surface area contributed by atoms with Gasteiger partial charge in [0.15, 0.2) is 0 Å². The van der Waals surface area contributed by atoms with Gasteiger partial charge in [0.2, 0.25) is 5.91 Å². The first-order chi connectivity index (χ1) is 13.3. The molecule has 1 saturated heterocycles. The first-order valence-electron chi connectivity index (χ1n) is 8.55. The second kappa shape index (κ2) is 6.92. The maximum atomic E-state index is 12.9. The lowest BCUT2D eigenvalue weighted by Gasteiger charge is -2.20. The number of rotatable bonds is 3. The number of alkyl halides is 6. The van der Waals surface area contributed by atoms with Crippen LogP contribution in [0.3, 0.4) is 0 Å². The van der Waals surface area contributed by atoms with Crippen molar-refractivity contribution in [1.82, 2.24) is 10.2 Å². The highest BCUT2D eigenvalue weighted by Crippen LogP contribution is 2.38. The van der Waals surface area contributed by atoms with E-state index in [2.05, 4.69) is 5.32 Å². The van der Waals surface area contributed by atoms with Crippen molar-refractivity contribution in [3.8, 4) is 0 Å². The van der Waals surface area contributed by atoms with E-state index in [1.165, 1.54) is 0 Å². The quantitative estimate of drug-likeness (QED) is 0.577. The molecule has 2 fully saturated rings. The Labute approximate surface area is 160 Å². The van der Waals surface area contributed by atoms with Gasteiger partial charge in [0, 0.05) is 5.69 Å². The zero-order valence-corrected chi connectivity index (χ0v) is 14.7. The van der Waals surface area contributed by atoms with E-state index in [0.717, 1.165) is 0 Å². The molecule has 29 heavy (non-hydrogen) atoms. The Morgan fingerprint density at radius 2 is 1.52 bits per heavy atom. The van der Waals surface area contributed by atoms with E-state index in [0.29, 0.717) is 42.7 Å². The summed E-state index contributed by atoms with van der Waals surface area (Å²) in [4.78, 5) is 37.2. The summed E-state index contributed by atoms with van der Waals surface area (Å²) >= 11 is 0. The first kappa shape index (κ1) is 20.9. The number of carbonyl (C=O) groups is 3. The molecule has 1 aromatic carbocycles. The predicted octanol–water partition coefficient (Wildman–Crippen LogP) is 3.53. The van der Waals surface area contributed by atoms with Crippen LogP contribution in [0.15, 0.2) is 18.2 Å². The third kappa shape index (κ3) is 4.15. The fourth-order valence-corrected chi connectivity index (χ4v) is 3.51. The Bertz CT molecular complexity index is 827. The van der Waals surface area contributed by atoms with Crippen LogP contribution < -0.4 is 10.6 Å². The van der Waals surface area contributed by atoms with Crippen LogP contribution in [-0.4, -0.2) is 34.8 Å². The van der Waals surface area contributed by atoms with Crippen molar-refractivity contribution in [2.75, 3.05) is 11.9 Å². The molecule has 6 nitrogen and oxygen atoms in total. The lowest BCUT2D eigenvalue weighted by atomic mass is 9.98. The number of hydrogen-bond donors (Lipinski definition) is 2. The van der Waals surface area contributed by atoms with Crippen LogP contribution in [0.25, 0.3) is 0 Å². The minimum absolute atomic E-state index is 0.0725. The molecule has 158 valence electrons. The molecule has 1 saturated carbocycles. The van der Waals surface area contributed by atoms with Crippen molar-refractivity contribution in [2.24, 2.45) is 0 Å². The molecule has 0 atom stereocenters. The molecule has 12 heteroatoms. The number of urea groups is 1. The van der Waals surface area contributed by atoms with Gasteiger partial charge in [-0.05, 0) is 31.0 Å². The van der Waals surface area contributed by atoms with Gasteiger partial charge in [0.05, 0.1) is 11.1 Å². The van der Waals surface area contributed by atoms with E-state index in [1.54, 1.807) is 0 Å². The number of nitrogens with one attached hydrogen (secondary N) is 2. The Kier molecular flexibility index (Phi) is 4.99. The largest absolute Gasteiger partial charge is 0.416 e. The van der Waals surface area contributed by atoms with E-state index in [9.17, 15) is 40.7 Å². The van der Waals surface area contributed by atoms with Crippen LogP contribution in [0.2, 0.25) is 0 Å². The summed E-state index contributed by atoms with van der Waals surface area (Å²) in [6.07, 6.45) is -7.93. The van der Waals surface area contributed by atoms with Gasteiger partial charge >= 0.3 is 18.4 Å². The van der Waals surface area contributed by atoms with Crippen LogP contribution in [-0.2, 0) is 21.9 Å². The van der Waals surface area contributed by atoms with Crippen LogP contribution in [0.1, 0.15) is 36.8 Å². The summed E-state index contributed by atoms with van der Waals surface area (Å²) < 4.78 is 77.3. The van der Waals surface area contributed by atoms with Gasteiger partial charge in [0.25, 0.3) is 5.91 Å². The third-order valence-corrected chi connectivity index (χ3v) is 4.88. The average molecular weight is 423 g/mol. The van der Waals surface area contributed by atoms with Gasteiger partial charge in [-0.25, -0.2) is 4.79 Å². The summed E-state index contributed by atoms with van der Waals surface area (Å²) in [5.74, 6) is -1.73. The SMILES string of the molecule is O=C(CN1C(=O)NC2(CCCC2)C1=O)Nc1cc(C(F)(F)F)cc(C(F)(F)F)c1. The van der Waals surface area contributed by atoms with E-state index < -0.39 is 59.1 Å². The van der Waals surface area contributed by atoms with E-state index >= 15 is 0 Å². The summed E-state index contributed by atoms with van der Waals surface area (Å²) in [5.41, 5.74) is -5.03. The molecule has 0 unspecified atom stereocenters. The molecule has 1 aliphatic heterocycles. The second-order valence-electron chi connectivity index (χ2n) is 6.95. The Morgan fingerprint density at radius 1 is 1.00 bits per heavy atom. The predicted molar refractivity (Wildman–Crippen MR) is 86.5 cm³/mol. The maximum Gasteiger partial charge on any atom is 0.416 e. The molecule has 4 amide bonds. The molecular formula is C17H15F6N3O3. The summed E-state index contributed by atoms with van der Waals surface area (Å²) in [6.45, 7) is -0.829. The summed E-state index contributed by atoms with van der Waals surface area (Å²) in [5, 5.41) is 4.42. The highest BCUT2D eigenvalue weighted by molar-refractivity contribution is 6.10. The molecule has 3 rings (SSSR count). The minimum atomic E-state index is -5.07. The maximum absolute atomic E-state index is 12.9. The van der Waals surface area contributed by atoms with Crippen LogP contribution in [0.4, 0.5) is 36.8 Å². The fourth-order valence-electron chi connectivity index (χ4n) is 3.51. The number of nitrogens with zero attached hydrogens (tertiary/aromatic N) is 1. The van der Waals surface area contributed by atoms with Gasteiger partial charge in [-0.15, -0.1) is 0 Å². The normalized spacial score (nSPS) is 19.0. The van der Waals surface area contributed by atoms with Crippen LogP contribution >= 0.6 is 0 Å². The third-order valence-electron chi connectivity index (χ3n) is 4.88. The standard InChI is InChI=1S/C17H15F6N3O3/c18-16(19,20)9-5-10(17(21,22)23)7-11(6-9)24-12(27)8-26-13(28)15(25-14(26)29)3-1-2-4-15/h5-7H,1-4,8H2,(H,24,27)(H,25,29). The zero-order valence-electron chi connectivity index (χ0n) is 14.7. The molecular weight excluding hydrogens is 408 g/mol. The Balaban J connectivity index is 1.78. The number of halogens is 6. The van der Waals surface area contributed by atoms with E-state index in [4.69, 9.17) is 0 Å². The van der Waals surface area contributed by atoms with Gasteiger partial charge in [-0.2, -0.15) is 26.3 Å². The van der Waals surface area contributed by atoms with E-state index in [1.807, 2.05) is 5.32 Å². The highest BCUT2D eigenvalue weighted by Gasteiger charge is 2.52. The molecule has 2 N–H and O–H groups in total. The molecule has 0 aromatic heterocycles.